The van der Waals surface area contributed by atoms with Crippen LogP contribution in [0.1, 0.15) is 12.8 Å². The van der Waals surface area contributed by atoms with E-state index in [-0.39, 0.29) is 19.2 Å². The highest BCUT2D eigenvalue weighted by molar-refractivity contribution is 6.33. The van der Waals surface area contributed by atoms with Crippen molar-refractivity contribution in [2.24, 2.45) is 0 Å². The molecule has 0 radical (unpaired) electrons. The van der Waals surface area contributed by atoms with Gasteiger partial charge < -0.3 is 20.6 Å². The number of aliphatic hydroxyl groups excluding tert-OH is 1. The maximum absolute atomic E-state index is 11.4. The van der Waals surface area contributed by atoms with Gasteiger partial charge in [-0.05, 0) is 31.0 Å². The molecular weight excluding hydrogens is 266 g/mol. The van der Waals surface area contributed by atoms with Crippen LogP contribution in [0.3, 0.4) is 0 Å². The predicted molar refractivity (Wildman–Crippen MR) is 77.0 cm³/mol. The second-order valence-electron chi connectivity index (χ2n) is 4.46. The largest absolute Gasteiger partial charge is 0.395 e. The topological polar surface area (TPSA) is 64.6 Å². The highest BCUT2D eigenvalue weighted by Gasteiger charge is 2.15. The van der Waals surface area contributed by atoms with E-state index in [9.17, 15) is 4.79 Å². The molecule has 19 heavy (non-hydrogen) atoms. The molecule has 2 amide bonds. The van der Waals surface area contributed by atoms with Gasteiger partial charge in [-0.25, -0.2) is 4.79 Å². The van der Waals surface area contributed by atoms with Crippen LogP contribution in [-0.4, -0.2) is 37.4 Å². The molecule has 1 aromatic rings. The van der Waals surface area contributed by atoms with Crippen LogP contribution < -0.4 is 15.5 Å². The van der Waals surface area contributed by atoms with Gasteiger partial charge in [0.15, 0.2) is 0 Å². The summed E-state index contributed by atoms with van der Waals surface area (Å²) in [6.07, 6.45) is 2.39. The molecule has 0 aliphatic carbocycles. The van der Waals surface area contributed by atoms with E-state index in [1.54, 1.807) is 6.07 Å². The molecule has 0 spiro atoms. The summed E-state index contributed by atoms with van der Waals surface area (Å²) < 4.78 is 0. The number of nitrogens with one attached hydrogen (secondary N) is 2. The molecule has 5 nitrogen and oxygen atoms in total. The fourth-order valence-electron chi connectivity index (χ4n) is 2.14. The first kappa shape index (κ1) is 14.0. The summed E-state index contributed by atoms with van der Waals surface area (Å²) in [7, 11) is 0. The van der Waals surface area contributed by atoms with Crippen molar-refractivity contribution in [3.63, 3.8) is 0 Å². The summed E-state index contributed by atoms with van der Waals surface area (Å²) in [6.45, 7) is 2.21. The molecule has 1 heterocycles. The molecule has 0 bridgehead atoms. The number of amides is 2. The Kier molecular flexibility index (Phi) is 4.87. The number of hydrogen-bond donors (Lipinski definition) is 3. The molecule has 0 saturated carbocycles. The molecule has 6 heteroatoms. The molecule has 1 aliphatic heterocycles. The molecule has 0 unspecified atom stereocenters. The monoisotopic (exact) mass is 283 g/mol. The van der Waals surface area contributed by atoms with Crippen molar-refractivity contribution < 1.29 is 9.90 Å². The Hall–Kier alpha value is -1.46. The number of nitrogens with zero attached hydrogens (tertiary/aromatic N) is 1. The number of carbonyl (C=O) groups excluding carboxylic acids is 1. The number of halogens is 1. The molecule has 2 rings (SSSR count). The van der Waals surface area contributed by atoms with Gasteiger partial charge in [-0.3, -0.25) is 0 Å². The third-order valence-electron chi connectivity index (χ3n) is 3.05. The van der Waals surface area contributed by atoms with Crippen molar-refractivity contribution in [3.05, 3.63) is 23.2 Å². The summed E-state index contributed by atoms with van der Waals surface area (Å²) in [5, 5.41) is 14.4. The first-order chi connectivity index (χ1) is 9.20. The normalized spacial score (nSPS) is 14.5. The Labute approximate surface area is 117 Å². The van der Waals surface area contributed by atoms with Crippen LogP contribution in [0.2, 0.25) is 5.02 Å². The predicted octanol–water partition coefficient (Wildman–Crippen LogP) is 2.05. The Bertz CT molecular complexity index is 448. The minimum absolute atomic E-state index is 0.0813. The van der Waals surface area contributed by atoms with Crippen molar-refractivity contribution in [2.75, 3.05) is 36.5 Å². The van der Waals surface area contributed by atoms with Crippen LogP contribution in [0.15, 0.2) is 18.2 Å². The molecule has 1 fully saturated rings. The fraction of sp³-hybridized carbons (Fsp3) is 0.462. The lowest BCUT2D eigenvalue weighted by atomic mass is 10.2. The van der Waals surface area contributed by atoms with E-state index in [2.05, 4.69) is 15.5 Å². The zero-order valence-electron chi connectivity index (χ0n) is 10.7. The van der Waals surface area contributed by atoms with Gasteiger partial charge in [-0.2, -0.15) is 0 Å². The quantitative estimate of drug-likeness (QED) is 0.792. The van der Waals surface area contributed by atoms with E-state index in [1.165, 1.54) is 12.8 Å². The zero-order valence-corrected chi connectivity index (χ0v) is 11.4. The summed E-state index contributed by atoms with van der Waals surface area (Å²) in [4.78, 5) is 13.7. The van der Waals surface area contributed by atoms with Crippen LogP contribution in [-0.2, 0) is 0 Å². The van der Waals surface area contributed by atoms with E-state index in [1.807, 2.05) is 12.1 Å². The third kappa shape index (κ3) is 3.75. The number of carbonyl (C=O) groups is 1. The standard InChI is InChI=1S/C13H18ClN3O2/c14-11-9-10(16-13(19)15-5-8-18)3-4-12(11)17-6-1-2-7-17/h3-4,9,18H,1-2,5-8H2,(H2,15,16,19). The minimum atomic E-state index is -0.348. The lowest BCUT2D eigenvalue weighted by Crippen LogP contribution is -2.31. The van der Waals surface area contributed by atoms with Crippen molar-refractivity contribution in [1.29, 1.82) is 0 Å². The van der Waals surface area contributed by atoms with Crippen LogP contribution in [0.4, 0.5) is 16.2 Å². The van der Waals surface area contributed by atoms with Crippen LogP contribution >= 0.6 is 11.6 Å². The van der Waals surface area contributed by atoms with Crippen molar-refractivity contribution in [3.8, 4) is 0 Å². The number of urea groups is 1. The number of hydrogen-bond acceptors (Lipinski definition) is 3. The Morgan fingerprint density at radius 2 is 2.11 bits per heavy atom. The summed E-state index contributed by atoms with van der Waals surface area (Å²) in [5.41, 5.74) is 1.66. The third-order valence-corrected chi connectivity index (χ3v) is 3.35. The molecule has 3 N–H and O–H groups in total. The smallest absolute Gasteiger partial charge is 0.319 e. The maximum atomic E-state index is 11.4. The SMILES string of the molecule is O=C(NCCO)Nc1ccc(N2CCCC2)c(Cl)c1. The minimum Gasteiger partial charge on any atom is -0.395 e. The summed E-state index contributed by atoms with van der Waals surface area (Å²) in [5.74, 6) is 0. The second kappa shape index (κ2) is 6.63. The first-order valence-corrected chi connectivity index (χ1v) is 6.78. The Morgan fingerprint density at radius 1 is 1.37 bits per heavy atom. The summed E-state index contributed by atoms with van der Waals surface area (Å²) in [6, 6.07) is 5.15. The molecule has 104 valence electrons. The highest BCUT2D eigenvalue weighted by Crippen LogP contribution is 2.31. The van der Waals surface area contributed by atoms with Crippen molar-refractivity contribution >= 4 is 29.0 Å². The Morgan fingerprint density at radius 3 is 2.74 bits per heavy atom. The van der Waals surface area contributed by atoms with Crippen LogP contribution in [0.25, 0.3) is 0 Å². The molecular formula is C13H18ClN3O2. The van der Waals surface area contributed by atoms with E-state index in [0.29, 0.717) is 10.7 Å². The number of benzene rings is 1. The van der Waals surface area contributed by atoms with E-state index < -0.39 is 0 Å². The lowest BCUT2D eigenvalue weighted by Gasteiger charge is -2.19. The molecule has 1 aliphatic rings. The lowest BCUT2D eigenvalue weighted by molar-refractivity contribution is 0.245. The Balaban J connectivity index is 2.00. The number of aliphatic hydroxyl groups is 1. The number of rotatable bonds is 4. The van der Waals surface area contributed by atoms with E-state index >= 15 is 0 Å². The average molecular weight is 284 g/mol. The fourth-order valence-corrected chi connectivity index (χ4v) is 2.44. The second-order valence-corrected chi connectivity index (χ2v) is 4.87. The van der Waals surface area contributed by atoms with Crippen LogP contribution in [0.5, 0.6) is 0 Å². The van der Waals surface area contributed by atoms with Gasteiger partial charge in [0.05, 0.1) is 17.3 Å². The van der Waals surface area contributed by atoms with Crippen LogP contribution in [0, 0.1) is 0 Å². The van der Waals surface area contributed by atoms with Gasteiger partial charge in [0, 0.05) is 25.3 Å². The maximum Gasteiger partial charge on any atom is 0.319 e. The van der Waals surface area contributed by atoms with Gasteiger partial charge in [0.25, 0.3) is 0 Å². The van der Waals surface area contributed by atoms with Gasteiger partial charge in [-0.1, -0.05) is 11.6 Å². The van der Waals surface area contributed by atoms with E-state index in [4.69, 9.17) is 16.7 Å². The van der Waals surface area contributed by atoms with E-state index in [0.717, 1.165) is 18.8 Å². The van der Waals surface area contributed by atoms with Gasteiger partial charge in [-0.15, -0.1) is 0 Å². The van der Waals surface area contributed by atoms with Gasteiger partial charge >= 0.3 is 6.03 Å². The molecule has 0 aromatic heterocycles. The zero-order chi connectivity index (χ0) is 13.7. The van der Waals surface area contributed by atoms with Gasteiger partial charge in [0.1, 0.15) is 0 Å². The van der Waals surface area contributed by atoms with Crippen molar-refractivity contribution in [1.82, 2.24) is 5.32 Å². The molecule has 1 aromatic carbocycles. The van der Waals surface area contributed by atoms with Gasteiger partial charge in [0.2, 0.25) is 0 Å². The number of anilines is 2. The first-order valence-electron chi connectivity index (χ1n) is 6.41. The van der Waals surface area contributed by atoms with Crippen molar-refractivity contribution in [2.45, 2.75) is 12.8 Å². The summed E-state index contributed by atoms with van der Waals surface area (Å²) >= 11 is 6.24. The molecule has 0 atom stereocenters. The molecule has 1 saturated heterocycles. The highest BCUT2D eigenvalue weighted by atomic mass is 35.5. The average Bonchev–Trinajstić information content (AvgIpc) is 2.90.